The van der Waals surface area contributed by atoms with E-state index in [1.807, 2.05) is 0 Å². The number of rotatable bonds is 3. The first-order chi connectivity index (χ1) is 7.51. The second kappa shape index (κ2) is 5.45. The number of alkyl halides is 1. The van der Waals surface area contributed by atoms with Crippen LogP contribution in [0.25, 0.3) is 0 Å². The summed E-state index contributed by atoms with van der Waals surface area (Å²) in [5, 5.41) is 9.39. The second-order valence-electron chi connectivity index (χ2n) is 2.91. The monoisotopic (exact) mass is 350 g/mol. The van der Waals surface area contributed by atoms with Crippen molar-refractivity contribution in [1.29, 1.82) is 0 Å². The first-order valence-electron chi connectivity index (χ1n) is 4.21. The summed E-state index contributed by atoms with van der Waals surface area (Å²) in [5.74, 6) is -1.65. The lowest BCUT2D eigenvalue weighted by atomic mass is 10.1. The van der Waals surface area contributed by atoms with Crippen LogP contribution in [-0.4, -0.2) is 24.2 Å². The Morgan fingerprint density at radius 2 is 2.06 bits per heavy atom. The number of benzene rings is 1. The summed E-state index contributed by atoms with van der Waals surface area (Å²) in [6.45, 7) is 0. The van der Waals surface area contributed by atoms with Gasteiger partial charge in [-0.15, -0.1) is 0 Å². The average molecular weight is 352 g/mol. The Morgan fingerprint density at radius 1 is 1.44 bits per heavy atom. The molecular formula is C10H8Br2O4. The molecule has 1 N–H and O–H groups in total. The molecular weight excluding hydrogens is 344 g/mol. The molecule has 16 heavy (non-hydrogen) atoms. The van der Waals surface area contributed by atoms with Crippen LogP contribution in [0.3, 0.4) is 0 Å². The number of carboxylic acid groups (broad SMARTS) is 1. The summed E-state index contributed by atoms with van der Waals surface area (Å²) in [7, 11) is 1.25. The molecule has 0 aliphatic heterocycles. The van der Waals surface area contributed by atoms with Crippen molar-refractivity contribution >= 4 is 43.8 Å². The molecule has 1 aromatic rings. The van der Waals surface area contributed by atoms with Gasteiger partial charge in [-0.2, -0.15) is 0 Å². The number of esters is 1. The van der Waals surface area contributed by atoms with E-state index in [-0.39, 0.29) is 11.1 Å². The van der Waals surface area contributed by atoms with Crippen LogP contribution in [0.4, 0.5) is 0 Å². The molecule has 0 bridgehead atoms. The SMILES string of the molecule is COC(=O)c1cc(Br)c(CBr)c(C(=O)O)c1. The Kier molecular flexibility index (Phi) is 4.49. The maximum atomic E-state index is 11.3. The largest absolute Gasteiger partial charge is 0.478 e. The lowest BCUT2D eigenvalue weighted by Crippen LogP contribution is -2.08. The fourth-order valence-electron chi connectivity index (χ4n) is 1.20. The number of hydrogen-bond donors (Lipinski definition) is 1. The lowest BCUT2D eigenvalue weighted by molar-refractivity contribution is 0.0600. The van der Waals surface area contributed by atoms with Gasteiger partial charge in [-0.3, -0.25) is 0 Å². The summed E-state index contributed by atoms with van der Waals surface area (Å²) >= 11 is 6.42. The Bertz CT molecular complexity index is 443. The summed E-state index contributed by atoms with van der Waals surface area (Å²) in [6.07, 6.45) is 0. The van der Waals surface area contributed by atoms with Crippen molar-refractivity contribution < 1.29 is 19.4 Å². The second-order valence-corrected chi connectivity index (χ2v) is 4.33. The van der Waals surface area contributed by atoms with E-state index in [0.29, 0.717) is 15.4 Å². The third-order valence-corrected chi connectivity index (χ3v) is 3.25. The zero-order valence-electron chi connectivity index (χ0n) is 8.29. The van der Waals surface area contributed by atoms with Crippen molar-refractivity contribution in [2.75, 3.05) is 7.11 Å². The minimum atomic E-state index is -1.08. The molecule has 0 saturated carbocycles. The third-order valence-electron chi connectivity index (χ3n) is 1.98. The number of aromatic carboxylic acids is 1. The van der Waals surface area contributed by atoms with Crippen LogP contribution in [0.15, 0.2) is 16.6 Å². The Balaban J connectivity index is 3.39. The zero-order valence-corrected chi connectivity index (χ0v) is 11.5. The van der Waals surface area contributed by atoms with E-state index in [4.69, 9.17) is 5.11 Å². The van der Waals surface area contributed by atoms with E-state index >= 15 is 0 Å². The maximum Gasteiger partial charge on any atom is 0.337 e. The molecule has 0 radical (unpaired) electrons. The summed E-state index contributed by atoms with van der Waals surface area (Å²) in [4.78, 5) is 22.3. The fourth-order valence-corrected chi connectivity index (χ4v) is 2.78. The molecule has 0 fully saturated rings. The quantitative estimate of drug-likeness (QED) is 0.671. The van der Waals surface area contributed by atoms with Gasteiger partial charge in [0, 0.05) is 9.80 Å². The highest BCUT2D eigenvalue weighted by atomic mass is 79.9. The van der Waals surface area contributed by atoms with Crippen LogP contribution in [0.1, 0.15) is 26.3 Å². The Labute approximate surface area is 109 Å². The van der Waals surface area contributed by atoms with Gasteiger partial charge in [-0.25, -0.2) is 9.59 Å². The van der Waals surface area contributed by atoms with Crippen LogP contribution in [-0.2, 0) is 10.1 Å². The van der Waals surface area contributed by atoms with E-state index < -0.39 is 11.9 Å². The van der Waals surface area contributed by atoms with Crippen LogP contribution < -0.4 is 0 Å². The molecule has 0 atom stereocenters. The van der Waals surface area contributed by atoms with Gasteiger partial charge in [-0.1, -0.05) is 31.9 Å². The fraction of sp³-hybridized carbons (Fsp3) is 0.200. The molecule has 0 amide bonds. The minimum Gasteiger partial charge on any atom is -0.478 e. The lowest BCUT2D eigenvalue weighted by Gasteiger charge is -2.08. The van der Waals surface area contributed by atoms with E-state index in [9.17, 15) is 9.59 Å². The average Bonchev–Trinajstić information content (AvgIpc) is 2.26. The van der Waals surface area contributed by atoms with E-state index in [1.54, 1.807) is 0 Å². The summed E-state index contributed by atoms with van der Waals surface area (Å²) in [6, 6.07) is 2.84. The van der Waals surface area contributed by atoms with Crippen molar-refractivity contribution in [2.45, 2.75) is 5.33 Å². The van der Waals surface area contributed by atoms with Crippen LogP contribution in [0, 0.1) is 0 Å². The highest BCUT2D eigenvalue weighted by Gasteiger charge is 2.17. The van der Waals surface area contributed by atoms with Gasteiger partial charge in [-0.05, 0) is 17.7 Å². The number of halogens is 2. The van der Waals surface area contributed by atoms with Gasteiger partial charge in [0.2, 0.25) is 0 Å². The summed E-state index contributed by atoms with van der Waals surface area (Å²) in [5.41, 5.74) is 0.864. The van der Waals surface area contributed by atoms with Crippen molar-refractivity contribution in [3.8, 4) is 0 Å². The highest BCUT2D eigenvalue weighted by molar-refractivity contribution is 9.10. The van der Waals surface area contributed by atoms with Gasteiger partial charge in [0.05, 0.1) is 18.2 Å². The smallest absolute Gasteiger partial charge is 0.337 e. The van der Waals surface area contributed by atoms with Crippen molar-refractivity contribution in [3.05, 3.63) is 33.3 Å². The predicted molar refractivity (Wildman–Crippen MR) is 65.1 cm³/mol. The van der Waals surface area contributed by atoms with Crippen LogP contribution in [0.2, 0.25) is 0 Å². The summed E-state index contributed by atoms with van der Waals surface area (Å²) < 4.78 is 5.09. The van der Waals surface area contributed by atoms with E-state index in [2.05, 4.69) is 36.6 Å². The van der Waals surface area contributed by atoms with Crippen molar-refractivity contribution in [3.63, 3.8) is 0 Å². The van der Waals surface area contributed by atoms with Gasteiger partial charge >= 0.3 is 11.9 Å². The van der Waals surface area contributed by atoms with Crippen LogP contribution in [0.5, 0.6) is 0 Å². The molecule has 0 unspecified atom stereocenters. The number of ether oxygens (including phenoxy) is 1. The number of carbonyl (C=O) groups is 2. The molecule has 86 valence electrons. The molecule has 0 aliphatic rings. The number of carbonyl (C=O) groups excluding carboxylic acids is 1. The molecule has 0 spiro atoms. The molecule has 0 aliphatic carbocycles. The molecule has 0 heterocycles. The topological polar surface area (TPSA) is 63.6 Å². The number of methoxy groups -OCH3 is 1. The van der Waals surface area contributed by atoms with Gasteiger partial charge in [0.25, 0.3) is 0 Å². The molecule has 0 aromatic heterocycles. The normalized spacial score (nSPS) is 9.94. The van der Waals surface area contributed by atoms with E-state index in [0.717, 1.165) is 0 Å². The first kappa shape index (κ1) is 13.2. The standard InChI is InChI=1S/C10H8Br2O4/c1-16-10(15)5-2-6(9(13)14)7(4-11)8(12)3-5/h2-3H,4H2,1H3,(H,13,14). The van der Waals surface area contributed by atoms with Gasteiger partial charge < -0.3 is 9.84 Å². The van der Waals surface area contributed by atoms with Crippen LogP contribution >= 0.6 is 31.9 Å². The first-order valence-corrected chi connectivity index (χ1v) is 6.12. The highest BCUT2D eigenvalue weighted by Crippen LogP contribution is 2.26. The maximum absolute atomic E-state index is 11.3. The molecule has 0 saturated heterocycles. The number of hydrogen-bond acceptors (Lipinski definition) is 3. The molecule has 4 nitrogen and oxygen atoms in total. The molecule has 1 aromatic carbocycles. The molecule has 1 rings (SSSR count). The minimum absolute atomic E-state index is 0.0756. The predicted octanol–water partition coefficient (Wildman–Crippen LogP) is 2.83. The van der Waals surface area contributed by atoms with Gasteiger partial charge in [0.1, 0.15) is 0 Å². The zero-order chi connectivity index (χ0) is 12.3. The number of carboxylic acids is 1. The van der Waals surface area contributed by atoms with Crippen molar-refractivity contribution in [1.82, 2.24) is 0 Å². The third kappa shape index (κ3) is 2.62. The molecule has 6 heteroatoms. The van der Waals surface area contributed by atoms with E-state index in [1.165, 1.54) is 19.2 Å². The van der Waals surface area contributed by atoms with Gasteiger partial charge in [0.15, 0.2) is 0 Å². The Morgan fingerprint density at radius 3 is 2.50 bits per heavy atom. The Hall–Kier alpha value is -0.880. The van der Waals surface area contributed by atoms with Crippen molar-refractivity contribution in [2.24, 2.45) is 0 Å².